The van der Waals surface area contributed by atoms with Gasteiger partial charge in [0.2, 0.25) is 0 Å². The number of amides is 1. The van der Waals surface area contributed by atoms with Gasteiger partial charge in [-0.1, -0.05) is 36.4 Å². The van der Waals surface area contributed by atoms with Crippen molar-refractivity contribution < 1.29 is 9.90 Å². The van der Waals surface area contributed by atoms with Crippen molar-refractivity contribution in [2.75, 3.05) is 26.2 Å². The summed E-state index contributed by atoms with van der Waals surface area (Å²) in [4.78, 5) is 17.3. The Morgan fingerprint density at radius 2 is 1.81 bits per heavy atom. The van der Waals surface area contributed by atoms with Crippen molar-refractivity contribution in [3.05, 3.63) is 88.2 Å². The van der Waals surface area contributed by atoms with Crippen molar-refractivity contribution >= 4 is 5.91 Å². The van der Waals surface area contributed by atoms with Gasteiger partial charge in [0, 0.05) is 58.0 Å². The normalized spacial score (nSPS) is 17.2. The van der Waals surface area contributed by atoms with Crippen molar-refractivity contribution in [2.24, 2.45) is 7.05 Å². The summed E-state index contributed by atoms with van der Waals surface area (Å²) in [5.74, 6) is 0.0299. The smallest absolute Gasteiger partial charge is 0.254 e. The second kappa shape index (κ2) is 8.88. The first-order valence-electron chi connectivity index (χ1n) is 11.4. The van der Waals surface area contributed by atoms with E-state index in [0.717, 1.165) is 54.6 Å². The number of benzene rings is 2. The highest BCUT2D eigenvalue weighted by Crippen LogP contribution is 2.23. The maximum Gasteiger partial charge on any atom is 0.254 e. The van der Waals surface area contributed by atoms with Crippen LogP contribution in [0, 0.1) is 0 Å². The van der Waals surface area contributed by atoms with Crippen LogP contribution >= 0.6 is 0 Å². The number of aliphatic hydroxyl groups excluding tert-OH is 1. The molecule has 1 N–H and O–H groups in total. The summed E-state index contributed by atoms with van der Waals surface area (Å²) in [7, 11) is 1.91. The molecule has 6 nitrogen and oxygen atoms in total. The van der Waals surface area contributed by atoms with Crippen molar-refractivity contribution in [3.63, 3.8) is 0 Å². The number of carbonyl (C=O) groups excluding carboxylic acids is 1. The molecule has 0 saturated heterocycles. The fourth-order valence-electron chi connectivity index (χ4n) is 4.97. The lowest BCUT2D eigenvalue weighted by atomic mass is 9.94. The maximum absolute atomic E-state index is 13.2. The molecule has 0 unspecified atom stereocenters. The van der Waals surface area contributed by atoms with Gasteiger partial charge in [0.15, 0.2) is 0 Å². The standard InChI is InChI=1S/C26H30N4O2/c1-28-15-20(14-27-28)12-19-6-7-22-9-11-30(26(32)25(22)13-19)18-24(31)17-29-10-8-21-4-2-3-5-23(21)16-29/h2-7,13-15,24,31H,8-12,16-18H2,1H3/t24-/m1/s1. The molecule has 5 rings (SSSR count). The summed E-state index contributed by atoms with van der Waals surface area (Å²) >= 11 is 0. The Bertz CT molecular complexity index is 1120. The topological polar surface area (TPSA) is 61.6 Å². The Morgan fingerprint density at radius 1 is 1.00 bits per heavy atom. The first-order chi connectivity index (χ1) is 15.5. The lowest BCUT2D eigenvalue weighted by Gasteiger charge is -2.34. The number of hydrogen-bond donors (Lipinski definition) is 1. The molecule has 6 heteroatoms. The Hall–Kier alpha value is -2.96. The highest BCUT2D eigenvalue weighted by atomic mass is 16.3. The van der Waals surface area contributed by atoms with E-state index in [9.17, 15) is 9.90 Å². The molecule has 1 aromatic heterocycles. The van der Waals surface area contributed by atoms with E-state index in [4.69, 9.17) is 0 Å². The SMILES string of the molecule is Cn1cc(Cc2ccc3c(c2)C(=O)N(C[C@H](O)CN2CCc4ccccc4C2)CC3)cn1. The van der Waals surface area contributed by atoms with Crippen LogP contribution in [0.25, 0.3) is 0 Å². The molecule has 2 aromatic carbocycles. The molecule has 1 amide bonds. The Morgan fingerprint density at radius 3 is 2.62 bits per heavy atom. The molecule has 166 valence electrons. The molecule has 0 fully saturated rings. The number of carbonyl (C=O) groups is 1. The zero-order chi connectivity index (χ0) is 22.1. The Kier molecular flexibility index (Phi) is 5.81. The summed E-state index contributed by atoms with van der Waals surface area (Å²) in [6, 6.07) is 14.7. The first kappa shape index (κ1) is 20.9. The third-order valence-electron chi connectivity index (χ3n) is 6.62. The van der Waals surface area contributed by atoms with Gasteiger partial charge < -0.3 is 10.0 Å². The zero-order valence-electron chi connectivity index (χ0n) is 18.6. The summed E-state index contributed by atoms with van der Waals surface area (Å²) < 4.78 is 1.79. The molecule has 32 heavy (non-hydrogen) atoms. The molecular weight excluding hydrogens is 400 g/mol. The molecule has 0 spiro atoms. The largest absolute Gasteiger partial charge is 0.390 e. The minimum absolute atomic E-state index is 0.0299. The quantitative estimate of drug-likeness (QED) is 0.653. The predicted octanol–water partition coefficient (Wildman–Crippen LogP) is 2.43. The highest BCUT2D eigenvalue weighted by molar-refractivity contribution is 5.97. The lowest BCUT2D eigenvalue weighted by Crippen LogP contribution is -2.46. The van der Waals surface area contributed by atoms with Crippen molar-refractivity contribution in [3.8, 4) is 0 Å². The van der Waals surface area contributed by atoms with Gasteiger partial charge in [-0.15, -0.1) is 0 Å². The van der Waals surface area contributed by atoms with Crippen LogP contribution in [0.4, 0.5) is 0 Å². The van der Waals surface area contributed by atoms with Gasteiger partial charge in [-0.05, 0) is 46.7 Å². The van der Waals surface area contributed by atoms with E-state index in [1.165, 1.54) is 11.1 Å². The Labute approximate surface area is 189 Å². The predicted molar refractivity (Wildman–Crippen MR) is 123 cm³/mol. The molecular formula is C26H30N4O2. The van der Waals surface area contributed by atoms with Crippen LogP contribution in [0.3, 0.4) is 0 Å². The second-order valence-corrected chi connectivity index (χ2v) is 9.10. The first-order valence-corrected chi connectivity index (χ1v) is 11.4. The molecule has 0 bridgehead atoms. The third kappa shape index (κ3) is 4.47. The van der Waals surface area contributed by atoms with Crippen LogP contribution in [0.1, 0.15) is 38.2 Å². The average molecular weight is 431 g/mol. The third-order valence-corrected chi connectivity index (χ3v) is 6.62. The van der Waals surface area contributed by atoms with E-state index >= 15 is 0 Å². The van der Waals surface area contributed by atoms with E-state index in [1.807, 2.05) is 30.4 Å². The van der Waals surface area contributed by atoms with E-state index in [-0.39, 0.29) is 5.91 Å². The van der Waals surface area contributed by atoms with Gasteiger partial charge in [0.25, 0.3) is 5.91 Å². The van der Waals surface area contributed by atoms with Gasteiger partial charge in [-0.25, -0.2) is 0 Å². The zero-order valence-corrected chi connectivity index (χ0v) is 18.6. The lowest BCUT2D eigenvalue weighted by molar-refractivity contribution is 0.0492. The van der Waals surface area contributed by atoms with Crippen LogP contribution in [-0.2, 0) is 32.9 Å². The summed E-state index contributed by atoms with van der Waals surface area (Å²) in [5, 5.41) is 15.0. The average Bonchev–Trinajstić information content (AvgIpc) is 3.20. The fourth-order valence-corrected chi connectivity index (χ4v) is 4.97. The molecule has 0 saturated carbocycles. The summed E-state index contributed by atoms with van der Waals surface area (Å²) in [6.07, 6.45) is 5.92. The molecule has 2 aliphatic rings. The van der Waals surface area contributed by atoms with E-state index in [0.29, 0.717) is 19.6 Å². The number of nitrogens with zero attached hydrogens (tertiary/aromatic N) is 4. The minimum atomic E-state index is -0.552. The molecule has 3 heterocycles. The number of aryl methyl sites for hydroxylation is 1. The van der Waals surface area contributed by atoms with Gasteiger partial charge in [-0.3, -0.25) is 14.4 Å². The monoisotopic (exact) mass is 430 g/mol. The molecule has 2 aliphatic heterocycles. The number of rotatable bonds is 6. The van der Waals surface area contributed by atoms with Crippen LogP contribution in [0.2, 0.25) is 0 Å². The van der Waals surface area contributed by atoms with Gasteiger partial charge >= 0.3 is 0 Å². The number of fused-ring (bicyclic) bond motifs is 2. The van der Waals surface area contributed by atoms with E-state index in [2.05, 4.69) is 46.4 Å². The summed E-state index contributed by atoms with van der Waals surface area (Å²) in [5.41, 5.74) is 6.86. The van der Waals surface area contributed by atoms with Crippen LogP contribution in [0.5, 0.6) is 0 Å². The molecule has 0 aliphatic carbocycles. The van der Waals surface area contributed by atoms with E-state index in [1.54, 1.807) is 4.68 Å². The van der Waals surface area contributed by atoms with Crippen molar-refractivity contribution in [2.45, 2.75) is 31.9 Å². The van der Waals surface area contributed by atoms with Gasteiger partial charge in [0.1, 0.15) is 0 Å². The maximum atomic E-state index is 13.2. The van der Waals surface area contributed by atoms with Crippen LogP contribution in [0.15, 0.2) is 54.9 Å². The van der Waals surface area contributed by atoms with Gasteiger partial charge in [0.05, 0.1) is 12.3 Å². The highest BCUT2D eigenvalue weighted by Gasteiger charge is 2.27. The van der Waals surface area contributed by atoms with Crippen molar-refractivity contribution in [1.82, 2.24) is 19.6 Å². The van der Waals surface area contributed by atoms with E-state index < -0.39 is 6.10 Å². The second-order valence-electron chi connectivity index (χ2n) is 9.10. The molecule has 0 radical (unpaired) electrons. The minimum Gasteiger partial charge on any atom is -0.390 e. The number of β-amino-alcohol motifs (C(OH)–C–C–N with tert-alkyl or cyclic N) is 1. The number of hydrogen-bond acceptors (Lipinski definition) is 4. The Balaban J connectivity index is 1.22. The fraction of sp³-hybridized carbons (Fsp3) is 0.385. The van der Waals surface area contributed by atoms with Crippen LogP contribution < -0.4 is 0 Å². The molecule has 1 atom stereocenters. The van der Waals surface area contributed by atoms with Gasteiger partial charge in [-0.2, -0.15) is 5.10 Å². The molecule has 3 aromatic rings. The number of aromatic nitrogens is 2. The summed E-state index contributed by atoms with van der Waals surface area (Å²) in [6.45, 7) is 3.44. The number of aliphatic hydroxyl groups is 1. The van der Waals surface area contributed by atoms with Crippen molar-refractivity contribution in [1.29, 1.82) is 0 Å². The van der Waals surface area contributed by atoms with Crippen LogP contribution in [-0.4, -0.2) is 62.9 Å².